The maximum Gasteiger partial charge on any atom is 0.237 e. The zero-order valence-corrected chi connectivity index (χ0v) is 11.2. The summed E-state index contributed by atoms with van der Waals surface area (Å²) in [6, 6.07) is 0. The molecule has 100 valence electrons. The number of hydrogen-bond acceptors (Lipinski definition) is 3. The number of piperidine rings is 1. The molecule has 0 spiro atoms. The summed E-state index contributed by atoms with van der Waals surface area (Å²) in [6.45, 7) is 6.56. The summed E-state index contributed by atoms with van der Waals surface area (Å²) >= 11 is 0. The highest BCUT2D eigenvalue weighted by Crippen LogP contribution is 2.29. The average Bonchev–Trinajstić information content (AvgIpc) is 2.80. The zero-order chi connectivity index (χ0) is 13.2. The highest BCUT2D eigenvalue weighted by molar-refractivity contribution is 5.84. The van der Waals surface area contributed by atoms with Crippen LogP contribution in [0.25, 0.3) is 0 Å². The quantitative estimate of drug-likeness (QED) is 0.871. The van der Waals surface area contributed by atoms with Crippen molar-refractivity contribution in [1.29, 1.82) is 0 Å². The maximum absolute atomic E-state index is 11.7. The molecule has 0 aromatic carbocycles. The predicted octanol–water partition coefficient (Wildman–Crippen LogP) is 1.13. The molecule has 0 radical (unpaired) electrons. The van der Waals surface area contributed by atoms with Crippen LogP contribution in [0.4, 0.5) is 0 Å². The van der Waals surface area contributed by atoms with Gasteiger partial charge in [-0.1, -0.05) is 0 Å². The van der Waals surface area contributed by atoms with Gasteiger partial charge in [0.05, 0.1) is 11.7 Å². The summed E-state index contributed by atoms with van der Waals surface area (Å²) in [5, 5.41) is 4.27. The second kappa shape index (κ2) is 5.10. The fourth-order valence-corrected chi connectivity index (χ4v) is 2.59. The number of hydrogen-bond donors (Lipinski definition) is 1. The minimum Gasteiger partial charge on any atom is -0.368 e. The van der Waals surface area contributed by atoms with Crippen LogP contribution >= 0.6 is 0 Å². The average molecular weight is 250 g/mol. The number of nitrogens with two attached hydrogens (primary N) is 1. The molecule has 2 rings (SSSR count). The van der Waals surface area contributed by atoms with Gasteiger partial charge in [-0.15, -0.1) is 0 Å². The molecule has 1 aliphatic rings. The molecule has 0 bridgehead atoms. The summed E-state index contributed by atoms with van der Waals surface area (Å²) in [4.78, 5) is 13.9. The van der Waals surface area contributed by atoms with Gasteiger partial charge in [-0.05, 0) is 39.7 Å². The second-order valence-corrected chi connectivity index (χ2v) is 5.22. The van der Waals surface area contributed by atoms with E-state index in [0.717, 1.165) is 44.5 Å². The summed E-state index contributed by atoms with van der Waals surface area (Å²) in [5.41, 5.74) is 6.21. The van der Waals surface area contributed by atoms with Gasteiger partial charge in [-0.2, -0.15) is 5.10 Å². The molecule has 1 aliphatic heterocycles. The Labute approximate surface area is 108 Å². The number of aryl methyl sites for hydroxylation is 1. The Hall–Kier alpha value is -1.36. The molecule has 1 atom stereocenters. The lowest BCUT2D eigenvalue weighted by atomic mass is 9.87. The van der Waals surface area contributed by atoms with Crippen LogP contribution in [0.15, 0.2) is 12.4 Å². The van der Waals surface area contributed by atoms with E-state index in [2.05, 4.69) is 16.9 Å². The number of likely N-dealkylation sites (tertiary alicyclic amines) is 1. The lowest BCUT2D eigenvalue weighted by Crippen LogP contribution is -2.57. The van der Waals surface area contributed by atoms with Crippen LogP contribution < -0.4 is 5.73 Å². The molecule has 1 aromatic heterocycles. The zero-order valence-electron chi connectivity index (χ0n) is 11.2. The monoisotopic (exact) mass is 250 g/mol. The Morgan fingerprint density at radius 3 is 2.94 bits per heavy atom. The SMILES string of the molecule is CCn1cc(CN2CCCC[C@]2(C)C(N)=O)cn1. The van der Waals surface area contributed by atoms with E-state index in [1.165, 1.54) is 0 Å². The molecule has 1 aromatic rings. The van der Waals surface area contributed by atoms with Crippen molar-refractivity contribution < 1.29 is 4.79 Å². The van der Waals surface area contributed by atoms with Gasteiger partial charge < -0.3 is 5.73 Å². The van der Waals surface area contributed by atoms with E-state index in [9.17, 15) is 4.79 Å². The smallest absolute Gasteiger partial charge is 0.237 e. The second-order valence-electron chi connectivity index (χ2n) is 5.22. The summed E-state index contributed by atoms with van der Waals surface area (Å²) in [5.74, 6) is -0.218. The first-order valence-electron chi connectivity index (χ1n) is 6.62. The highest BCUT2D eigenvalue weighted by atomic mass is 16.1. The van der Waals surface area contributed by atoms with Crippen molar-refractivity contribution in [2.75, 3.05) is 6.54 Å². The third kappa shape index (κ3) is 2.41. The number of carbonyl (C=O) groups excluding carboxylic acids is 1. The Morgan fingerprint density at radius 2 is 2.33 bits per heavy atom. The van der Waals surface area contributed by atoms with Gasteiger partial charge >= 0.3 is 0 Å². The Balaban J connectivity index is 2.12. The van der Waals surface area contributed by atoms with Crippen molar-refractivity contribution in [2.45, 2.75) is 51.7 Å². The Kier molecular flexibility index (Phi) is 3.71. The van der Waals surface area contributed by atoms with E-state index >= 15 is 0 Å². The molecule has 2 N–H and O–H groups in total. The lowest BCUT2D eigenvalue weighted by Gasteiger charge is -2.42. The molecule has 5 heteroatoms. The van der Waals surface area contributed by atoms with E-state index in [-0.39, 0.29) is 5.91 Å². The molecule has 0 saturated carbocycles. The van der Waals surface area contributed by atoms with Crippen molar-refractivity contribution in [3.05, 3.63) is 18.0 Å². The van der Waals surface area contributed by atoms with Crippen LogP contribution in [0.5, 0.6) is 0 Å². The first-order valence-corrected chi connectivity index (χ1v) is 6.62. The maximum atomic E-state index is 11.7. The number of carbonyl (C=O) groups is 1. The molecular weight excluding hydrogens is 228 g/mol. The predicted molar refractivity (Wildman–Crippen MR) is 69.8 cm³/mol. The topological polar surface area (TPSA) is 64.2 Å². The summed E-state index contributed by atoms with van der Waals surface area (Å²) < 4.78 is 1.90. The number of rotatable bonds is 4. The molecule has 1 saturated heterocycles. The van der Waals surface area contributed by atoms with Gasteiger partial charge in [-0.25, -0.2) is 0 Å². The van der Waals surface area contributed by atoms with E-state index < -0.39 is 5.54 Å². The van der Waals surface area contributed by atoms with Crippen molar-refractivity contribution in [3.8, 4) is 0 Å². The third-order valence-electron chi connectivity index (χ3n) is 3.95. The molecule has 5 nitrogen and oxygen atoms in total. The number of primary amides is 1. The largest absolute Gasteiger partial charge is 0.368 e. The number of nitrogens with zero attached hydrogens (tertiary/aromatic N) is 3. The third-order valence-corrected chi connectivity index (χ3v) is 3.95. The van der Waals surface area contributed by atoms with Crippen LogP contribution in [0.3, 0.4) is 0 Å². The summed E-state index contributed by atoms with van der Waals surface area (Å²) in [7, 11) is 0. The normalized spacial score (nSPS) is 25.2. The number of amides is 1. The minimum absolute atomic E-state index is 0.218. The van der Waals surface area contributed by atoms with E-state index in [1.807, 2.05) is 24.0 Å². The van der Waals surface area contributed by atoms with E-state index in [0.29, 0.717) is 0 Å². The molecular formula is C13H22N4O. The summed E-state index contributed by atoms with van der Waals surface area (Å²) in [6.07, 6.45) is 6.97. The standard InChI is InChI=1S/C13H22N4O/c1-3-17-10-11(8-15-17)9-16-7-5-4-6-13(16,2)12(14)18/h8,10H,3-7,9H2,1-2H3,(H2,14,18)/t13-/m1/s1. The van der Waals surface area contributed by atoms with Crippen molar-refractivity contribution in [2.24, 2.45) is 5.73 Å². The lowest BCUT2D eigenvalue weighted by molar-refractivity contribution is -0.132. The molecule has 1 fully saturated rings. The Bertz CT molecular complexity index is 428. The van der Waals surface area contributed by atoms with Gasteiger partial charge in [-0.3, -0.25) is 14.4 Å². The van der Waals surface area contributed by atoms with Gasteiger partial charge in [0.1, 0.15) is 0 Å². The number of aromatic nitrogens is 2. The molecule has 1 amide bonds. The Morgan fingerprint density at radius 1 is 1.56 bits per heavy atom. The van der Waals surface area contributed by atoms with Crippen LogP contribution in [0.1, 0.15) is 38.7 Å². The molecule has 0 unspecified atom stereocenters. The van der Waals surface area contributed by atoms with E-state index in [1.54, 1.807) is 0 Å². The van der Waals surface area contributed by atoms with Gasteiger partial charge in [0.15, 0.2) is 0 Å². The van der Waals surface area contributed by atoms with Crippen LogP contribution in [0.2, 0.25) is 0 Å². The van der Waals surface area contributed by atoms with Crippen LogP contribution in [0, 0.1) is 0 Å². The highest BCUT2D eigenvalue weighted by Gasteiger charge is 2.39. The molecule has 18 heavy (non-hydrogen) atoms. The fourth-order valence-electron chi connectivity index (χ4n) is 2.59. The minimum atomic E-state index is -0.507. The van der Waals surface area contributed by atoms with E-state index in [4.69, 9.17) is 5.73 Å². The first kappa shape index (κ1) is 13.1. The van der Waals surface area contributed by atoms with Crippen molar-refractivity contribution in [3.63, 3.8) is 0 Å². The molecule has 0 aliphatic carbocycles. The van der Waals surface area contributed by atoms with Crippen molar-refractivity contribution in [1.82, 2.24) is 14.7 Å². The van der Waals surface area contributed by atoms with Crippen LogP contribution in [-0.4, -0.2) is 32.7 Å². The van der Waals surface area contributed by atoms with Crippen LogP contribution in [-0.2, 0) is 17.9 Å². The molecule has 2 heterocycles. The van der Waals surface area contributed by atoms with Crippen molar-refractivity contribution >= 4 is 5.91 Å². The first-order chi connectivity index (χ1) is 8.56. The fraction of sp³-hybridized carbons (Fsp3) is 0.692. The van der Waals surface area contributed by atoms with Gasteiger partial charge in [0.2, 0.25) is 5.91 Å². The van der Waals surface area contributed by atoms with Gasteiger partial charge in [0.25, 0.3) is 0 Å². The van der Waals surface area contributed by atoms with Gasteiger partial charge in [0, 0.05) is 24.8 Å².